The number of pyridine rings is 1. The second-order valence-corrected chi connectivity index (χ2v) is 5.38. The summed E-state index contributed by atoms with van der Waals surface area (Å²) in [5.74, 6) is -1.32. The summed E-state index contributed by atoms with van der Waals surface area (Å²) >= 11 is 11.5. The number of aliphatic carboxylic acids is 1. The molecule has 1 heterocycles. The fourth-order valence-corrected chi connectivity index (χ4v) is 2.20. The van der Waals surface area contributed by atoms with Crippen molar-refractivity contribution in [1.29, 1.82) is 0 Å². The lowest BCUT2D eigenvalue weighted by atomic mass is 9.93. The monoisotopic (exact) mass is 309 g/mol. The number of rotatable bonds is 5. The summed E-state index contributed by atoms with van der Waals surface area (Å²) in [5, 5.41) is 10.4. The number of carboxylic acids is 1. The second-order valence-electron chi connectivity index (χ2n) is 4.56. The van der Waals surface area contributed by atoms with Gasteiger partial charge in [-0.25, -0.2) is 4.98 Å². The lowest BCUT2D eigenvalue weighted by Crippen LogP contribution is -2.19. The Morgan fingerprint density at radius 1 is 1.05 bits per heavy atom. The molecule has 1 aromatic heterocycles. The van der Waals surface area contributed by atoms with Crippen molar-refractivity contribution in [2.75, 3.05) is 0 Å². The van der Waals surface area contributed by atoms with Gasteiger partial charge in [-0.3, -0.25) is 4.79 Å². The Balaban J connectivity index is 2.09. The minimum atomic E-state index is -0.824. The van der Waals surface area contributed by atoms with Crippen LogP contribution in [0.4, 0.5) is 0 Å². The van der Waals surface area contributed by atoms with Gasteiger partial charge in [0.1, 0.15) is 5.15 Å². The van der Waals surface area contributed by atoms with Crippen LogP contribution in [0.15, 0.2) is 42.6 Å². The standard InChI is InChI=1S/C15H13Cl2NO2/c16-13-4-1-10(2-5-13)7-12(15(19)20)8-11-3-6-14(17)18-9-11/h1-6,9,12H,7-8H2,(H,19,20). The van der Waals surface area contributed by atoms with Crippen molar-refractivity contribution in [3.63, 3.8) is 0 Å². The van der Waals surface area contributed by atoms with E-state index in [1.54, 1.807) is 30.5 Å². The Labute approximate surface area is 127 Å². The van der Waals surface area contributed by atoms with Crippen LogP contribution >= 0.6 is 23.2 Å². The van der Waals surface area contributed by atoms with Gasteiger partial charge in [0.15, 0.2) is 0 Å². The predicted octanol–water partition coefficient (Wildman–Crippen LogP) is 3.87. The van der Waals surface area contributed by atoms with Crippen LogP contribution in [-0.4, -0.2) is 16.1 Å². The first kappa shape index (κ1) is 14.8. The van der Waals surface area contributed by atoms with E-state index >= 15 is 0 Å². The molecule has 0 saturated carbocycles. The molecule has 0 aliphatic rings. The van der Waals surface area contributed by atoms with Gasteiger partial charge in [0.25, 0.3) is 0 Å². The van der Waals surface area contributed by atoms with Crippen molar-refractivity contribution in [1.82, 2.24) is 4.98 Å². The third-order valence-electron chi connectivity index (χ3n) is 3.02. The molecule has 3 nitrogen and oxygen atoms in total. The third-order valence-corrected chi connectivity index (χ3v) is 3.49. The number of carbonyl (C=O) groups is 1. The minimum Gasteiger partial charge on any atom is -0.481 e. The average molecular weight is 310 g/mol. The summed E-state index contributed by atoms with van der Waals surface area (Å²) in [4.78, 5) is 15.3. The molecule has 1 atom stereocenters. The van der Waals surface area contributed by atoms with Crippen molar-refractivity contribution in [2.24, 2.45) is 5.92 Å². The highest BCUT2D eigenvalue weighted by molar-refractivity contribution is 6.30. The van der Waals surface area contributed by atoms with Crippen LogP contribution in [0, 0.1) is 5.92 Å². The number of hydrogen-bond donors (Lipinski definition) is 1. The van der Waals surface area contributed by atoms with Gasteiger partial charge in [0, 0.05) is 11.2 Å². The van der Waals surface area contributed by atoms with Gasteiger partial charge < -0.3 is 5.11 Å². The zero-order valence-electron chi connectivity index (χ0n) is 10.6. The number of benzene rings is 1. The first-order chi connectivity index (χ1) is 9.54. The molecule has 0 aliphatic heterocycles. The molecule has 2 rings (SSSR count). The molecule has 2 aromatic rings. The van der Waals surface area contributed by atoms with Gasteiger partial charge in [-0.05, 0) is 42.2 Å². The fraction of sp³-hybridized carbons (Fsp3) is 0.200. The summed E-state index contributed by atoms with van der Waals surface area (Å²) < 4.78 is 0. The lowest BCUT2D eigenvalue weighted by molar-refractivity contribution is -0.141. The Bertz CT molecular complexity index is 534. The molecule has 0 fully saturated rings. The summed E-state index contributed by atoms with van der Waals surface area (Å²) in [5.41, 5.74) is 1.81. The van der Waals surface area contributed by atoms with E-state index in [9.17, 15) is 9.90 Å². The van der Waals surface area contributed by atoms with Crippen LogP contribution in [-0.2, 0) is 17.6 Å². The van der Waals surface area contributed by atoms with Crippen LogP contribution in [0.1, 0.15) is 11.1 Å². The Morgan fingerprint density at radius 2 is 1.65 bits per heavy atom. The summed E-state index contributed by atoms with van der Waals surface area (Å²) in [6, 6.07) is 10.7. The normalized spacial score (nSPS) is 12.1. The predicted molar refractivity (Wildman–Crippen MR) is 79.2 cm³/mol. The van der Waals surface area contributed by atoms with E-state index in [-0.39, 0.29) is 0 Å². The van der Waals surface area contributed by atoms with E-state index in [4.69, 9.17) is 23.2 Å². The van der Waals surface area contributed by atoms with Gasteiger partial charge in [0.2, 0.25) is 0 Å². The van der Waals surface area contributed by atoms with E-state index in [1.807, 2.05) is 12.1 Å². The first-order valence-electron chi connectivity index (χ1n) is 6.12. The smallest absolute Gasteiger partial charge is 0.307 e. The molecule has 0 aliphatic carbocycles. The van der Waals surface area contributed by atoms with Gasteiger partial charge in [-0.1, -0.05) is 41.4 Å². The zero-order valence-corrected chi connectivity index (χ0v) is 12.1. The van der Waals surface area contributed by atoms with Gasteiger partial charge in [-0.2, -0.15) is 0 Å². The maximum Gasteiger partial charge on any atom is 0.307 e. The number of halogens is 2. The van der Waals surface area contributed by atoms with E-state index < -0.39 is 11.9 Å². The molecule has 0 amide bonds. The fourth-order valence-electron chi connectivity index (χ4n) is 1.96. The minimum absolute atomic E-state index is 0.401. The van der Waals surface area contributed by atoms with E-state index in [0.29, 0.717) is 23.0 Å². The van der Waals surface area contributed by atoms with Crippen LogP contribution in [0.5, 0.6) is 0 Å². The van der Waals surface area contributed by atoms with Gasteiger partial charge in [0.05, 0.1) is 5.92 Å². The summed E-state index contributed by atoms with van der Waals surface area (Å²) in [7, 11) is 0. The van der Waals surface area contributed by atoms with E-state index in [1.165, 1.54) is 0 Å². The van der Waals surface area contributed by atoms with Crippen LogP contribution in [0.25, 0.3) is 0 Å². The highest BCUT2D eigenvalue weighted by Gasteiger charge is 2.18. The van der Waals surface area contributed by atoms with Crippen molar-refractivity contribution < 1.29 is 9.90 Å². The molecule has 0 saturated heterocycles. The molecule has 0 spiro atoms. The highest BCUT2D eigenvalue weighted by atomic mass is 35.5. The molecule has 0 radical (unpaired) electrons. The lowest BCUT2D eigenvalue weighted by Gasteiger charge is -2.12. The Hall–Kier alpha value is -1.58. The van der Waals surface area contributed by atoms with Crippen LogP contribution in [0.3, 0.4) is 0 Å². The number of nitrogens with zero attached hydrogens (tertiary/aromatic N) is 1. The van der Waals surface area contributed by atoms with Crippen molar-refractivity contribution in [3.05, 3.63) is 63.9 Å². The van der Waals surface area contributed by atoms with Crippen molar-refractivity contribution >= 4 is 29.2 Å². The molecule has 1 unspecified atom stereocenters. The molecule has 5 heteroatoms. The molecule has 1 aromatic carbocycles. The van der Waals surface area contributed by atoms with Gasteiger partial charge in [-0.15, -0.1) is 0 Å². The van der Waals surface area contributed by atoms with E-state index in [2.05, 4.69) is 4.98 Å². The Morgan fingerprint density at radius 3 is 2.20 bits per heavy atom. The highest BCUT2D eigenvalue weighted by Crippen LogP contribution is 2.17. The average Bonchev–Trinajstić information content (AvgIpc) is 2.42. The second kappa shape index (κ2) is 6.73. The van der Waals surface area contributed by atoms with Gasteiger partial charge >= 0.3 is 5.97 Å². The SMILES string of the molecule is O=C(O)C(Cc1ccc(Cl)cc1)Cc1ccc(Cl)nc1. The summed E-state index contributed by atoms with van der Waals surface area (Å²) in [6.45, 7) is 0. The molecule has 0 bridgehead atoms. The molecule has 104 valence electrons. The van der Waals surface area contributed by atoms with Crippen LogP contribution < -0.4 is 0 Å². The topological polar surface area (TPSA) is 50.2 Å². The molecule has 1 N–H and O–H groups in total. The third kappa shape index (κ3) is 4.22. The zero-order chi connectivity index (χ0) is 14.5. The molecular weight excluding hydrogens is 297 g/mol. The maximum absolute atomic E-state index is 11.4. The molecule has 20 heavy (non-hydrogen) atoms. The quantitative estimate of drug-likeness (QED) is 0.853. The van der Waals surface area contributed by atoms with E-state index in [0.717, 1.165) is 11.1 Å². The number of aromatic nitrogens is 1. The van der Waals surface area contributed by atoms with Crippen LogP contribution in [0.2, 0.25) is 10.2 Å². The first-order valence-corrected chi connectivity index (χ1v) is 6.88. The largest absolute Gasteiger partial charge is 0.481 e. The maximum atomic E-state index is 11.4. The number of hydrogen-bond acceptors (Lipinski definition) is 2. The summed E-state index contributed by atoms with van der Waals surface area (Å²) in [6.07, 6.45) is 2.48. The number of carboxylic acid groups (broad SMARTS) is 1. The molecular formula is C15H13Cl2NO2. The van der Waals surface area contributed by atoms with Crippen molar-refractivity contribution in [3.8, 4) is 0 Å². The van der Waals surface area contributed by atoms with Crippen molar-refractivity contribution in [2.45, 2.75) is 12.8 Å². The Kier molecular flexibility index (Phi) is 4.99.